The number of benzene rings is 1. The van der Waals surface area contributed by atoms with Gasteiger partial charge in [-0.3, -0.25) is 14.2 Å². The van der Waals surface area contributed by atoms with Gasteiger partial charge in [-0.25, -0.2) is 4.98 Å². The number of hydrogen-bond acceptors (Lipinski definition) is 5. The molecule has 0 aliphatic carbocycles. The number of thioether (sulfide) groups is 1. The van der Waals surface area contributed by atoms with Crippen molar-refractivity contribution in [1.82, 2.24) is 19.8 Å². The zero-order valence-electron chi connectivity index (χ0n) is 17.5. The molecule has 0 saturated carbocycles. The fourth-order valence-corrected chi connectivity index (χ4v) is 4.48. The van der Waals surface area contributed by atoms with Gasteiger partial charge in [0, 0.05) is 12.6 Å². The maximum Gasteiger partial charge on any atom is 0.262 e. The van der Waals surface area contributed by atoms with E-state index in [0.717, 1.165) is 32.5 Å². The number of carbonyl (C=O) groups is 1. The minimum Gasteiger partial charge on any atom is -0.353 e. The van der Waals surface area contributed by atoms with Crippen LogP contribution in [0.3, 0.4) is 0 Å². The molecule has 1 aromatic carbocycles. The summed E-state index contributed by atoms with van der Waals surface area (Å²) in [6.07, 6.45) is 5.66. The summed E-state index contributed by atoms with van der Waals surface area (Å²) in [6, 6.07) is 7.60. The normalized spacial score (nSPS) is 16.1. The van der Waals surface area contributed by atoms with Gasteiger partial charge in [-0.15, -0.1) is 0 Å². The highest BCUT2D eigenvalue weighted by atomic mass is 32.2. The number of carbonyl (C=O) groups excluding carboxylic acids is 1. The standard InChI is InChI=1S/C22H32N4O2S/c1-3-17(2)23-20(27)16-29-22-24-19-11-6-5-10-18(19)21(28)26(22)15-9-14-25-12-7-4-8-13-25/h5-6,10-11,17H,3-4,7-9,12-16H2,1-2H3,(H,23,27)/t17-/m0/s1. The molecule has 2 aromatic rings. The van der Waals surface area contributed by atoms with Gasteiger partial charge in [0.25, 0.3) is 5.56 Å². The van der Waals surface area contributed by atoms with E-state index in [1.54, 1.807) is 4.57 Å². The number of fused-ring (bicyclic) bond motifs is 1. The van der Waals surface area contributed by atoms with Crippen molar-refractivity contribution in [3.63, 3.8) is 0 Å². The first-order valence-corrected chi connectivity index (χ1v) is 11.7. The summed E-state index contributed by atoms with van der Waals surface area (Å²) in [7, 11) is 0. The lowest BCUT2D eigenvalue weighted by molar-refractivity contribution is -0.119. The van der Waals surface area contributed by atoms with Crippen LogP contribution in [0.25, 0.3) is 10.9 Å². The van der Waals surface area contributed by atoms with Crippen LogP contribution in [-0.4, -0.2) is 51.8 Å². The fourth-order valence-electron chi connectivity index (χ4n) is 3.64. The molecule has 3 rings (SSSR count). The van der Waals surface area contributed by atoms with Crippen molar-refractivity contribution in [3.05, 3.63) is 34.6 Å². The molecule has 0 bridgehead atoms. The number of para-hydroxylation sites is 1. The third-order valence-corrected chi connectivity index (χ3v) is 6.46. The van der Waals surface area contributed by atoms with Crippen molar-refractivity contribution in [2.45, 2.75) is 63.7 Å². The Morgan fingerprint density at radius 3 is 2.72 bits per heavy atom. The molecule has 7 heteroatoms. The van der Waals surface area contributed by atoms with E-state index in [1.165, 1.54) is 31.0 Å². The number of nitrogens with one attached hydrogen (secondary N) is 1. The highest BCUT2D eigenvalue weighted by molar-refractivity contribution is 7.99. The molecule has 1 fully saturated rings. The predicted octanol–water partition coefficient (Wildman–Crippen LogP) is 3.28. The maximum atomic E-state index is 13.1. The SMILES string of the molecule is CC[C@H](C)NC(=O)CSc1nc2ccccc2c(=O)n1CCCN1CCCCC1. The van der Waals surface area contributed by atoms with Crippen molar-refractivity contribution >= 4 is 28.6 Å². The third kappa shape index (κ3) is 6.06. The Labute approximate surface area is 177 Å². The Kier molecular flexibility index (Phi) is 8.12. The van der Waals surface area contributed by atoms with E-state index >= 15 is 0 Å². The third-order valence-electron chi connectivity index (χ3n) is 5.48. The van der Waals surface area contributed by atoms with Crippen molar-refractivity contribution in [1.29, 1.82) is 0 Å². The monoisotopic (exact) mass is 416 g/mol. The summed E-state index contributed by atoms with van der Waals surface area (Å²) in [4.78, 5) is 32.5. The van der Waals surface area contributed by atoms with Crippen molar-refractivity contribution < 1.29 is 4.79 Å². The number of amides is 1. The Balaban J connectivity index is 1.74. The first kappa shape index (κ1) is 21.8. The van der Waals surface area contributed by atoms with E-state index in [4.69, 9.17) is 4.98 Å². The first-order chi connectivity index (χ1) is 14.1. The minimum absolute atomic E-state index is 0.0147. The Hall–Kier alpha value is -1.86. The van der Waals surface area contributed by atoms with Crippen LogP contribution in [0.5, 0.6) is 0 Å². The van der Waals surface area contributed by atoms with Gasteiger partial charge in [-0.2, -0.15) is 0 Å². The summed E-state index contributed by atoms with van der Waals surface area (Å²) in [5.74, 6) is 0.243. The molecule has 1 aromatic heterocycles. The van der Waals surface area contributed by atoms with Gasteiger partial charge in [0.05, 0.1) is 16.7 Å². The van der Waals surface area contributed by atoms with Gasteiger partial charge in [0.2, 0.25) is 5.91 Å². The van der Waals surface area contributed by atoms with E-state index < -0.39 is 0 Å². The summed E-state index contributed by atoms with van der Waals surface area (Å²) in [5, 5.41) is 4.24. The number of aromatic nitrogens is 2. The molecule has 1 aliphatic rings. The zero-order valence-corrected chi connectivity index (χ0v) is 18.3. The molecule has 1 saturated heterocycles. The van der Waals surface area contributed by atoms with Crippen LogP contribution < -0.4 is 10.9 Å². The lowest BCUT2D eigenvalue weighted by Gasteiger charge is -2.26. The molecular formula is C22H32N4O2S. The molecule has 1 amide bonds. The Bertz CT molecular complexity index is 877. The molecule has 158 valence electrons. The van der Waals surface area contributed by atoms with Crippen LogP contribution in [0.15, 0.2) is 34.2 Å². The largest absolute Gasteiger partial charge is 0.353 e. The second-order valence-electron chi connectivity index (χ2n) is 7.79. The van der Waals surface area contributed by atoms with Crippen molar-refractivity contribution in [3.8, 4) is 0 Å². The minimum atomic E-state index is -0.0216. The van der Waals surface area contributed by atoms with E-state index in [2.05, 4.69) is 10.2 Å². The van der Waals surface area contributed by atoms with Crippen LogP contribution in [0.1, 0.15) is 46.0 Å². The molecule has 1 atom stereocenters. The second-order valence-corrected chi connectivity index (χ2v) is 8.73. The predicted molar refractivity (Wildman–Crippen MR) is 120 cm³/mol. The molecule has 29 heavy (non-hydrogen) atoms. The van der Waals surface area contributed by atoms with Crippen LogP contribution >= 0.6 is 11.8 Å². The van der Waals surface area contributed by atoms with Gasteiger partial charge >= 0.3 is 0 Å². The quantitative estimate of drug-likeness (QED) is 0.502. The first-order valence-electron chi connectivity index (χ1n) is 10.7. The fraction of sp³-hybridized carbons (Fsp3) is 0.591. The Morgan fingerprint density at radius 2 is 1.97 bits per heavy atom. The van der Waals surface area contributed by atoms with Crippen LogP contribution in [0.4, 0.5) is 0 Å². The summed E-state index contributed by atoms with van der Waals surface area (Å²) in [5.41, 5.74) is 0.675. The van der Waals surface area contributed by atoms with Crippen LogP contribution in [-0.2, 0) is 11.3 Å². The van der Waals surface area contributed by atoms with Gasteiger partial charge in [-0.1, -0.05) is 37.2 Å². The number of piperidine rings is 1. The van der Waals surface area contributed by atoms with E-state index in [9.17, 15) is 9.59 Å². The summed E-state index contributed by atoms with van der Waals surface area (Å²) >= 11 is 1.35. The summed E-state index contributed by atoms with van der Waals surface area (Å²) < 4.78 is 1.76. The van der Waals surface area contributed by atoms with Gasteiger partial charge in [0.1, 0.15) is 0 Å². The number of hydrogen-bond donors (Lipinski definition) is 1. The van der Waals surface area contributed by atoms with Crippen LogP contribution in [0, 0.1) is 0 Å². The molecule has 6 nitrogen and oxygen atoms in total. The van der Waals surface area contributed by atoms with E-state index in [0.29, 0.717) is 22.6 Å². The van der Waals surface area contributed by atoms with Crippen LogP contribution in [0.2, 0.25) is 0 Å². The lowest BCUT2D eigenvalue weighted by atomic mass is 10.1. The number of nitrogens with zero attached hydrogens (tertiary/aromatic N) is 3. The van der Waals surface area contributed by atoms with Gasteiger partial charge in [-0.05, 0) is 64.4 Å². The van der Waals surface area contributed by atoms with E-state index in [1.807, 2.05) is 38.1 Å². The average molecular weight is 417 g/mol. The number of likely N-dealkylation sites (tertiary alicyclic amines) is 1. The molecule has 1 aliphatic heterocycles. The Morgan fingerprint density at radius 1 is 1.21 bits per heavy atom. The highest BCUT2D eigenvalue weighted by Gasteiger charge is 2.15. The van der Waals surface area contributed by atoms with Crippen molar-refractivity contribution in [2.75, 3.05) is 25.4 Å². The second kappa shape index (κ2) is 10.8. The smallest absolute Gasteiger partial charge is 0.262 e. The molecule has 2 heterocycles. The molecular weight excluding hydrogens is 384 g/mol. The summed E-state index contributed by atoms with van der Waals surface area (Å²) in [6.45, 7) is 7.97. The lowest BCUT2D eigenvalue weighted by Crippen LogP contribution is -2.34. The zero-order chi connectivity index (χ0) is 20.6. The molecule has 0 unspecified atom stereocenters. The van der Waals surface area contributed by atoms with Crippen molar-refractivity contribution in [2.24, 2.45) is 0 Å². The maximum absolute atomic E-state index is 13.1. The highest BCUT2D eigenvalue weighted by Crippen LogP contribution is 2.18. The topological polar surface area (TPSA) is 67.2 Å². The average Bonchev–Trinajstić information content (AvgIpc) is 2.74. The van der Waals surface area contributed by atoms with E-state index in [-0.39, 0.29) is 23.3 Å². The molecule has 0 radical (unpaired) electrons. The van der Waals surface area contributed by atoms with Gasteiger partial charge < -0.3 is 10.2 Å². The van der Waals surface area contributed by atoms with Gasteiger partial charge in [0.15, 0.2) is 5.16 Å². The molecule has 1 N–H and O–H groups in total. The number of rotatable bonds is 9. The molecule has 0 spiro atoms.